The van der Waals surface area contributed by atoms with Gasteiger partial charge in [-0.1, -0.05) is 0 Å². The average Bonchev–Trinajstić information content (AvgIpc) is 2.73. The first-order chi connectivity index (χ1) is 7.68. The van der Waals surface area contributed by atoms with Crippen molar-refractivity contribution in [2.24, 2.45) is 0 Å². The number of fused-ring (bicyclic) bond motifs is 1. The summed E-state index contributed by atoms with van der Waals surface area (Å²) < 4.78 is 1.84. The summed E-state index contributed by atoms with van der Waals surface area (Å²) in [5, 5.41) is 11.1. The normalized spacial score (nSPS) is 13.2. The molecular formula is C10H16N6. The maximum absolute atomic E-state index is 4.26. The molecule has 1 atom stereocenters. The van der Waals surface area contributed by atoms with Crippen molar-refractivity contribution in [3.05, 3.63) is 18.7 Å². The number of anilines is 1. The van der Waals surface area contributed by atoms with E-state index < -0.39 is 0 Å². The minimum absolute atomic E-state index is 0.435. The molecule has 6 nitrogen and oxygen atoms in total. The van der Waals surface area contributed by atoms with Gasteiger partial charge in [0, 0.05) is 25.0 Å². The van der Waals surface area contributed by atoms with Crippen LogP contribution in [0.3, 0.4) is 0 Å². The summed E-state index contributed by atoms with van der Waals surface area (Å²) in [7, 11) is 4.11. The second-order valence-electron chi connectivity index (χ2n) is 4.03. The molecule has 0 amide bonds. The predicted molar refractivity (Wildman–Crippen MR) is 62.4 cm³/mol. The Morgan fingerprint density at radius 3 is 3.06 bits per heavy atom. The maximum atomic E-state index is 4.26. The van der Waals surface area contributed by atoms with Crippen molar-refractivity contribution in [1.82, 2.24) is 24.5 Å². The summed E-state index contributed by atoms with van der Waals surface area (Å²) in [5.41, 5.74) is 0.758. The van der Waals surface area contributed by atoms with Gasteiger partial charge >= 0.3 is 0 Å². The van der Waals surface area contributed by atoms with E-state index in [0.29, 0.717) is 6.04 Å². The standard InChI is InChI=1S/C10H16N6/c1-8(15(2)3)6-12-9-10-14-13-7-16(10)5-4-11-9/h4-5,7-8H,6H2,1-3H3,(H,11,12). The van der Waals surface area contributed by atoms with Gasteiger partial charge in [-0.3, -0.25) is 4.40 Å². The molecule has 1 N–H and O–H groups in total. The van der Waals surface area contributed by atoms with Gasteiger partial charge in [-0.25, -0.2) is 4.98 Å². The number of hydrogen-bond acceptors (Lipinski definition) is 5. The van der Waals surface area contributed by atoms with Crippen molar-refractivity contribution in [1.29, 1.82) is 0 Å². The molecule has 6 heteroatoms. The Kier molecular flexibility index (Phi) is 3.00. The highest BCUT2D eigenvalue weighted by Gasteiger charge is 2.07. The number of nitrogens with one attached hydrogen (secondary N) is 1. The molecule has 1 unspecified atom stereocenters. The fourth-order valence-electron chi connectivity index (χ4n) is 1.31. The third-order valence-electron chi connectivity index (χ3n) is 2.66. The SMILES string of the molecule is CC(CNc1nccn2cnnc12)N(C)C. The molecule has 2 rings (SSSR count). The van der Waals surface area contributed by atoms with Gasteiger partial charge in [0.2, 0.25) is 5.65 Å². The van der Waals surface area contributed by atoms with E-state index in [2.05, 4.69) is 46.4 Å². The molecule has 0 radical (unpaired) electrons. The highest BCUT2D eigenvalue weighted by Crippen LogP contribution is 2.09. The summed E-state index contributed by atoms with van der Waals surface area (Å²) in [4.78, 5) is 6.41. The Hall–Kier alpha value is -1.69. The van der Waals surface area contributed by atoms with Crippen LogP contribution in [0.4, 0.5) is 5.82 Å². The number of hydrogen-bond donors (Lipinski definition) is 1. The van der Waals surface area contributed by atoms with Crippen molar-refractivity contribution in [2.45, 2.75) is 13.0 Å². The van der Waals surface area contributed by atoms with Gasteiger partial charge in [0.05, 0.1) is 0 Å². The lowest BCUT2D eigenvalue weighted by Crippen LogP contribution is -2.31. The Labute approximate surface area is 94.3 Å². The van der Waals surface area contributed by atoms with Crippen molar-refractivity contribution < 1.29 is 0 Å². The summed E-state index contributed by atoms with van der Waals surface area (Å²) in [6.07, 6.45) is 5.23. The Balaban J connectivity index is 2.12. The maximum Gasteiger partial charge on any atom is 0.203 e. The lowest BCUT2D eigenvalue weighted by atomic mass is 10.3. The third-order valence-corrected chi connectivity index (χ3v) is 2.66. The Morgan fingerprint density at radius 2 is 2.31 bits per heavy atom. The topological polar surface area (TPSA) is 58.4 Å². The number of aromatic nitrogens is 4. The van der Waals surface area contributed by atoms with E-state index >= 15 is 0 Å². The van der Waals surface area contributed by atoms with Crippen LogP contribution in [0.1, 0.15) is 6.92 Å². The van der Waals surface area contributed by atoms with E-state index in [4.69, 9.17) is 0 Å². The molecule has 0 saturated heterocycles. The highest BCUT2D eigenvalue weighted by atomic mass is 15.2. The van der Waals surface area contributed by atoms with Crippen LogP contribution in [-0.4, -0.2) is 51.2 Å². The molecule has 0 fully saturated rings. The number of nitrogens with zero attached hydrogens (tertiary/aromatic N) is 5. The van der Waals surface area contributed by atoms with Crippen LogP contribution in [0, 0.1) is 0 Å². The van der Waals surface area contributed by atoms with Crippen LogP contribution >= 0.6 is 0 Å². The van der Waals surface area contributed by atoms with Crippen LogP contribution in [0.25, 0.3) is 5.65 Å². The lowest BCUT2D eigenvalue weighted by Gasteiger charge is -2.20. The van der Waals surface area contributed by atoms with E-state index in [0.717, 1.165) is 18.0 Å². The lowest BCUT2D eigenvalue weighted by molar-refractivity contribution is 0.326. The average molecular weight is 220 g/mol. The predicted octanol–water partition coefficient (Wildman–Crippen LogP) is 0.486. The van der Waals surface area contributed by atoms with Crippen molar-refractivity contribution in [3.8, 4) is 0 Å². The summed E-state index contributed by atoms with van der Waals surface area (Å²) in [5.74, 6) is 0.772. The summed E-state index contributed by atoms with van der Waals surface area (Å²) >= 11 is 0. The molecule has 2 heterocycles. The molecule has 0 spiro atoms. The molecule has 2 aromatic rings. The molecule has 0 aliphatic rings. The van der Waals surface area contributed by atoms with Crippen LogP contribution in [0.2, 0.25) is 0 Å². The Morgan fingerprint density at radius 1 is 1.50 bits per heavy atom. The fraction of sp³-hybridized carbons (Fsp3) is 0.500. The summed E-state index contributed by atoms with van der Waals surface area (Å²) in [6, 6.07) is 0.435. The molecule has 86 valence electrons. The zero-order chi connectivity index (χ0) is 11.5. The number of rotatable bonds is 4. The van der Waals surface area contributed by atoms with Gasteiger partial charge in [-0.05, 0) is 21.0 Å². The molecule has 0 aliphatic heterocycles. The smallest absolute Gasteiger partial charge is 0.203 e. The van der Waals surface area contributed by atoms with Crippen molar-refractivity contribution >= 4 is 11.5 Å². The molecule has 0 bridgehead atoms. The van der Waals surface area contributed by atoms with E-state index in [1.807, 2.05) is 10.6 Å². The third kappa shape index (κ3) is 2.11. The van der Waals surface area contributed by atoms with E-state index in [9.17, 15) is 0 Å². The van der Waals surface area contributed by atoms with Gasteiger partial charge < -0.3 is 10.2 Å². The zero-order valence-electron chi connectivity index (χ0n) is 9.75. The van der Waals surface area contributed by atoms with Gasteiger partial charge in [-0.2, -0.15) is 0 Å². The van der Waals surface area contributed by atoms with E-state index in [1.54, 1.807) is 12.5 Å². The van der Waals surface area contributed by atoms with Crippen LogP contribution in [0.5, 0.6) is 0 Å². The Bertz CT molecular complexity index is 463. The first-order valence-corrected chi connectivity index (χ1v) is 5.23. The van der Waals surface area contributed by atoms with E-state index in [-0.39, 0.29) is 0 Å². The van der Waals surface area contributed by atoms with Crippen molar-refractivity contribution in [3.63, 3.8) is 0 Å². The zero-order valence-corrected chi connectivity index (χ0v) is 9.75. The number of likely N-dealkylation sites (N-methyl/N-ethyl adjacent to an activating group) is 1. The van der Waals surface area contributed by atoms with Crippen LogP contribution in [0.15, 0.2) is 18.7 Å². The minimum Gasteiger partial charge on any atom is -0.365 e. The van der Waals surface area contributed by atoms with E-state index in [1.165, 1.54) is 0 Å². The first-order valence-electron chi connectivity index (χ1n) is 5.23. The summed E-state index contributed by atoms with van der Waals surface area (Å²) in [6.45, 7) is 2.98. The van der Waals surface area contributed by atoms with Crippen LogP contribution in [-0.2, 0) is 0 Å². The van der Waals surface area contributed by atoms with Gasteiger partial charge in [0.25, 0.3) is 0 Å². The molecule has 0 aromatic carbocycles. The molecule has 0 aliphatic carbocycles. The van der Waals surface area contributed by atoms with Crippen molar-refractivity contribution in [2.75, 3.05) is 26.0 Å². The van der Waals surface area contributed by atoms with Gasteiger partial charge in [-0.15, -0.1) is 10.2 Å². The molecule has 16 heavy (non-hydrogen) atoms. The van der Waals surface area contributed by atoms with Gasteiger partial charge in [0.15, 0.2) is 5.82 Å². The second-order valence-corrected chi connectivity index (χ2v) is 4.03. The minimum atomic E-state index is 0.435. The highest BCUT2D eigenvalue weighted by molar-refractivity contribution is 5.61. The monoisotopic (exact) mass is 220 g/mol. The first kappa shape index (κ1) is 10.8. The largest absolute Gasteiger partial charge is 0.365 e. The molecule has 2 aromatic heterocycles. The second kappa shape index (κ2) is 4.44. The quantitative estimate of drug-likeness (QED) is 0.812. The van der Waals surface area contributed by atoms with Crippen LogP contribution < -0.4 is 5.32 Å². The molecule has 0 saturated carbocycles. The fourth-order valence-corrected chi connectivity index (χ4v) is 1.31. The molecular weight excluding hydrogens is 204 g/mol. The van der Waals surface area contributed by atoms with Gasteiger partial charge in [0.1, 0.15) is 6.33 Å².